The van der Waals surface area contributed by atoms with E-state index in [1.54, 1.807) is 18.2 Å². The molecule has 0 bridgehead atoms. The van der Waals surface area contributed by atoms with Crippen LogP contribution in [0.2, 0.25) is 0 Å². The number of carbonyl (C=O) groups is 1. The number of benzene rings is 1. The van der Waals surface area contributed by atoms with Gasteiger partial charge in [-0.3, -0.25) is 4.21 Å². The smallest absolute Gasteiger partial charge is 0.337 e. The Bertz CT molecular complexity index is 625. The lowest BCUT2D eigenvalue weighted by atomic mass is 10.1. The van der Waals surface area contributed by atoms with Gasteiger partial charge in [0.15, 0.2) is 0 Å². The lowest BCUT2D eigenvalue weighted by Crippen LogP contribution is -2.13. The van der Waals surface area contributed by atoms with Crippen molar-refractivity contribution in [2.24, 2.45) is 0 Å². The Morgan fingerprint density at radius 1 is 1.40 bits per heavy atom. The number of sulfone groups is 1. The number of esters is 1. The molecule has 0 saturated heterocycles. The van der Waals surface area contributed by atoms with E-state index in [4.69, 9.17) is 0 Å². The summed E-state index contributed by atoms with van der Waals surface area (Å²) in [7, 11) is -3.09. The highest BCUT2D eigenvalue weighted by molar-refractivity contribution is 9.10. The van der Waals surface area contributed by atoms with Crippen molar-refractivity contribution < 1.29 is 22.2 Å². The number of methoxy groups -OCH3 is 1. The third kappa shape index (κ3) is 5.72. The van der Waals surface area contributed by atoms with Crippen LogP contribution in [0.25, 0.3) is 0 Å². The van der Waals surface area contributed by atoms with Gasteiger partial charge in [-0.2, -0.15) is 0 Å². The molecule has 0 N–H and O–H groups in total. The van der Waals surface area contributed by atoms with Crippen molar-refractivity contribution >= 4 is 42.5 Å². The first-order valence-corrected chi connectivity index (χ1v) is 9.96. The summed E-state index contributed by atoms with van der Waals surface area (Å²) >= 11 is 3.30. The van der Waals surface area contributed by atoms with Gasteiger partial charge in [-0.1, -0.05) is 22.0 Å². The van der Waals surface area contributed by atoms with Crippen LogP contribution in [0.15, 0.2) is 22.7 Å². The Kier molecular flexibility index (Phi) is 6.35. The van der Waals surface area contributed by atoms with Crippen LogP contribution in [0.4, 0.5) is 0 Å². The van der Waals surface area contributed by atoms with E-state index >= 15 is 0 Å². The van der Waals surface area contributed by atoms with Crippen LogP contribution in [0.1, 0.15) is 15.9 Å². The zero-order chi connectivity index (χ0) is 15.3. The molecule has 20 heavy (non-hydrogen) atoms. The van der Waals surface area contributed by atoms with Crippen LogP contribution in [-0.4, -0.2) is 43.5 Å². The molecule has 1 unspecified atom stereocenters. The molecule has 0 saturated carbocycles. The molecule has 1 aromatic carbocycles. The molecule has 0 aliphatic rings. The molecule has 0 aliphatic carbocycles. The SMILES string of the molecule is COC(=O)c1ccc(CS(=O)CCS(C)(=O)=O)c(Br)c1. The second kappa shape index (κ2) is 7.33. The highest BCUT2D eigenvalue weighted by atomic mass is 79.9. The Balaban J connectivity index is 2.74. The fourth-order valence-corrected chi connectivity index (χ4v) is 4.80. The van der Waals surface area contributed by atoms with Gasteiger partial charge in [-0.25, -0.2) is 13.2 Å². The van der Waals surface area contributed by atoms with Crippen LogP contribution in [0.3, 0.4) is 0 Å². The summed E-state index contributed by atoms with van der Waals surface area (Å²) in [6.45, 7) is 0. The molecule has 0 heterocycles. The zero-order valence-corrected chi connectivity index (χ0v) is 14.3. The molecule has 1 atom stereocenters. The van der Waals surface area contributed by atoms with E-state index in [-0.39, 0.29) is 17.3 Å². The highest BCUT2D eigenvalue weighted by Gasteiger charge is 2.12. The maximum atomic E-state index is 11.8. The van der Waals surface area contributed by atoms with Gasteiger partial charge in [0.2, 0.25) is 0 Å². The van der Waals surface area contributed by atoms with Crippen molar-refractivity contribution in [2.75, 3.05) is 24.9 Å². The van der Waals surface area contributed by atoms with Gasteiger partial charge in [-0.15, -0.1) is 0 Å². The maximum absolute atomic E-state index is 11.8. The zero-order valence-electron chi connectivity index (χ0n) is 11.1. The monoisotopic (exact) mass is 382 g/mol. The Morgan fingerprint density at radius 2 is 2.05 bits per heavy atom. The Morgan fingerprint density at radius 3 is 2.55 bits per heavy atom. The fraction of sp³-hybridized carbons (Fsp3) is 0.417. The number of halogens is 1. The number of ether oxygens (including phenoxy) is 1. The Labute approximate surface area is 129 Å². The van der Waals surface area contributed by atoms with E-state index in [0.717, 1.165) is 11.8 Å². The summed E-state index contributed by atoms with van der Waals surface area (Å²) < 4.78 is 39.1. The largest absolute Gasteiger partial charge is 0.465 e. The lowest BCUT2D eigenvalue weighted by molar-refractivity contribution is 0.0600. The minimum atomic E-state index is -3.11. The summed E-state index contributed by atoms with van der Waals surface area (Å²) in [4.78, 5) is 11.3. The van der Waals surface area contributed by atoms with Crippen LogP contribution < -0.4 is 0 Å². The van der Waals surface area contributed by atoms with E-state index in [1.807, 2.05) is 0 Å². The molecule has 0 aromatic heterocycles. The molecule has 112 valence electrons. The summed E-state index contributed by atoms with van der Waals surface area (Å²) in [5, 5.41) is 0. The van der Waals surface area contributed by atoms with Gasteiger partial charge < -0.3 is 4.74 Å². The minimum Gasteiger partial charge on any atom is -0.465 e. The van der Waals surface area contributed by atoms with Crippen molar-refractivity contribution in [1.29, 1.82) is 0 Å². The van der Waals surface area contributed by atoms with Crippen molar-refractivity contribution in [1.82, 2.24) is 0 Å². The van der Waals surface area contributed by atoms with Gasteiger partial charge in [0.1, 0.15) is 9.84 Å². The normalized spacial score (nSPS) is 12.9. The third-order valence-corrected chi connectivity index (χ3v) is 5.71. The summed E-state index contributed by atoms with van der Waals surface area (Å²) in [5.74, 6) is -0.213. The first kappa shape index (κ1) is 17.3. The molecule has 0 spiro atoms. The van der Waals surface area contributed by atoms with Crippen molar-refractivity contribution in [3.63, 3.8) is 0 Å². The predicted molar refractivity (Wildman–Crippen MR) is 81.9 cm³/mol. The minimum absolute atomic E-state index is 0.0997. The molecule has 0 radical (unpaired) electrons. The fourth-order valence-electron chi connectivity index (χ4n) is 1.40. The van der Waals surface area contributed by atoms with Crippen LogP contribution in [-0.2, 0) is 31.1 Å². The van der Waals surface area contributed by atoms with Gasteiger partial charge in [0.05, 0.1) is 18.4 Å². The van der Waals surface area contributed by atoms with E-state index in [0.29, 0.717) is 10.0 Å². The molecule has 5 nitrogen and oxygen atoms in total. The van der Waals surface area contributed by atoms with E-state index in [9.17, 15) is 17.4 Å². The number of hydrogen-bond acceptors (Lipinski definition) is 5. The predicted octanol–water partition coefficient (Wildman–Crippen LogP) is 1.53. The molecule has 0 aliphatic heterocycles. The number of hydrogen-bond donors (Lipinski definition) is 0. The van der Waals surface area contributed by atoms with Gasteiger partial charge in [0, 0.05) is 33.0 Å². The van der Waals surface area contributed by atoms with Gasteiger partial charge >= 0.3 is 5.97 Å². The van der Waals surface area contributed by atoms with Crippen molar-refractivity contribution in [3.05, 3.63) is 33.8 Å². The Hall–Kier alpha value is -0.730. The van der Waals surface area contributed by atoms with E-state index in [2.05, 4.69) is 20.7 Å². The van der Waals surface area contributed by atoms with Crippen molar-refractivity contribution in [2.45, 2.75) is 5.75 Å². The third-order valence-electron chi connectivity index (χ3n) is 2.47. The topological polar surface area (TPSA) is 77.5 Å². The second-order valence-electron chi connectivity index (χ2n) is 4.22. The second-order valence-corrected chi connectivity index (χ2v) is 8.91. The summed E-state index contributed by atoms with van der Waals surface area (Å²) in [5.41, 5.74) is 1.15. The first-order chi connectivity index (χ1) is 9.23. The van der Waals surface area contributed by atoms with Gasteiger partial charge in [-0.05, 0) is 17.7 Å². The molecule has 8 heteroatoms. The van der Waals surface area contributed by atoms with E-state index in [1.165, 1.54) is 7.11 Å². The van der Waals surface area contributed by atoms with Crippen LogP contribution in [0.5, 0.6) is 0 Å². The van der Waals surface area contributed by atoms with Crippen LogP contribution in [0, 0.1) is 0 Å². The number of rotatable bonds is 6. The average Bonchev–Trinajstić information content (AvgIpc) is 2.37. The highest BCUT2D eigenvalue weighted by Crippen LogP contribution is 2.20. The lowest BCUT2D eigenvalue weighted by Gasteiger charge is -2.06. The standard InChI is InChI=1S/C12H15BrO5S2/c1-18-12(14)9-3-4-10(11(13)7-9)8-19(15)5-6-20(2,16)17/h3-4,7H,5-6,8H2,1-2H3. The van der Waals surface area contributed by atoms with Crippen molar-refractivity contribution in [3.8, 4) is 0 Å². The maximum Gasteiger partial charge on any atom is 0.337 e. The quantitative estimate of drug-likeness (QED) is 0.697. The molecular weight excluding hydrogens is 368 g/mol. The molecule has 0 amide bonds. The molecular formula is C12H15BrO5S2. The summed E-state index contributed by atoms with van der Waals surface area (Å²) in [6, 6.07) is 4.85. The molecule has 1 rings (SSSR count). The number of carbonyl (C=O) groups excluding carboxylic acids is 1. The average molecular weight is 383 g/mol. The van der Waals surface area contributed by atoms with Gasteiger partial charge in [0.25, 0.3) is 0 Å². The van der Waals surface area contributed by atoms with E-state index < -0.39 is 26.6 Å². The first-order valence-electron chi connectivity index (χ1n) is 5.62. The molecule has 0 fully saturated rings. The summed E-state index contributed by atoms with van der Waals surface area (Å²) in [6.07, 6.45) is 1.12. The molecule has 1 aromatic rings. The van der Waals surface area contributed by atoms with Crippen LogP contribution >= 0.6 is 15.9 Å².